The van der Waals surface area contributed by atoms with Gasteiger partial charge in [0.2, 0.25) is 5.82 Å². The normalized spacial score (nSPS) is 10.7. The molecular formula is C11H8N6O3. The molecule has 0 radical (unpaired) electrons. The van der Waals surface area contributed by atoms with E-state index < -0.39 is 4.92 Å². The predicted octanol–water partition coefficient (Wildman–Crippen LogP) is 1.74. The molecule has 0 atom stereocenters. The second-order valence-corrected chi connectivity index (χ2v) is 3.99. The van der Waals surface area contributed by atoms with Crippen LogP contribution in [0.3, 0.4) is 0 Å². The van der Waals surface area contributed by atoms with Crippen molar-refractivity contribution >= 4 is 5.69 Å². The number of rotatable bonds is 3. The molecule has 1 N–H and O–H groups in total. The molecule has 9 nitrogen and oxygen atoms in total. The van der Waals surface area contributed by atoms with E-state index in [1.165, 1.54) is 6.33 Å². The summed E-state index contributed by atoms with van der Waals surface area (Å²) in [6.45, 7) is 1.65. The van der Waals surface area contributed by atoms with Crippen LogP contribution in [-0.2, 0) is 0 Å². The van der Waals surface area contributed by atoms with Crippen LogP contribution >= 0.6 is 0 Å². The average molecular weight is 272 g/mol. The van der Waals surface area contributed by atoms with Crippen molar-refractivity contribution in [3.63, 3.8) is 0 Å². The summed E-state index contributed by atoms with van der Waals surface area (Å²) in [7, 11) is 0. The van der Waals surface area contributed by atoms with Crippen LogP contribution in [0, 0.1) is 17.0 Å². The number of aryl methyl sites for hydroxylation is 1. The zero-order valence-electron chi connectivity index (χ0n) is 10.3. The monoisotopic (exact) mass is 272 g/mol. The van der Waals surface area contributed by atoms with E-state index in [0.717, 1.165) is 0 Å². The SMILES string of the molecule is Cc1cccc(-c2nc(-c3ncn[nH]3)no2)c1[N+](=O)[O-]. The molecular weight excluding hydrogens is 264 g/mol. The highest BCUT2D eigenvalue weighted by Gasteiger charge is 2.23. The Balaban J connectivity index is 2.11. The van der Waals surface area contributed by atoms with E-state index in [2.05, 4.69) is 25.3 Å². The summed E-state index contributed by atoms with van der Waals surface area (Å²) in [5.41, 5.74) is 0.737. The van der Waals surface area contributed by atoms with E-state index in [-0.39, 0.29) is 23.0 Å². The molecule has 2 aromatic heterocycles. The number of aromatic amines is 1. The van der Waals surface area contributed by atoms with Crippen LogP contribution in [0.4, 0.5) is 5.69 Å². The van der Waals surface area contributed by atoms with Crippen molar-refractivity contribution in [3.8, 4) is 23.1 Å². The summed E-state index contributed by atoms with van der Waals surface area (Å²) < 4.78 is 5.07. The number of hydrogen-bond donors (Lipinski definition) is 1. The summed E-state index contributed by atoms with van der Waals surface area (Å²) >= 11 is 0. The molecule has 0 amide bonds. The fourth-order valence-electron chi connectivity index (χ4n) is 1.82. The molecule has 0 saturated carbocycles. The fourth-order valence-corrected chi connectivity index (χ4v) is 1.82. The van der Waals surface area contributed by atoms with Crippen molar-refractivity contribution in [1.29, 1.82) is 0 Å². The minimum Gasteiger partial charge on any atom is -0.333 e. The van der Waals surface area contributed by atoms with Crippen molar-refractivity contribution in [2.24, 2.45) is 0 Å². The van der Waals surface area contributed by atoms with Crippen LogP contribution in [0.5, 0.6) is 0 Å². The predicted molar refractivity (Wildman–Crippen MR) is 66.5 cm³/mol. The first-order chi connectivity index (χ1) is 9.66. The molecule has 1 aromatic carbocycles. The highest BCUT2D eigenvalue weighted by molar-refractivity contribution is 5.70. The summed E-state index contributed by atoms with van der Waals surface area (Å²) in [5.74, 6) is 0.579. The topological polar surface area (TPSA) is 124 Å². The Hall–Kier alpha value is -3.10. The van der Waals surface area contributed by atoms with Crippen LogP contribution in [0.1, 0.15) is 5.56 Å². The first-order valence-corrected chi connectivity index (χ1v) is 5.60. The smallest absolute Gasteiger partial charge is 0.285 e. The highest BCUT2D eigenvalue weighted by Crippen LogP contribution is 2.32. The molecule has 0 aliphatic heterocycles. The molecule has 0 fully saturated rings. The lowest BCUT2D eigenvalue weighted by Gasteiger charge is -2.00. The second-order valence-electron chi connectivity index (χ2n) is 3.99. The lowest BCUT2D eigenvalue weighted by molar-refractivity contribution is -0.384. The maximum absolute atomic E-state index is 11.1. The standard InChI is InChI=1S/C11H8N6O3/c1-6-3-2-4-7(8(6)17(18)19)11-14-10(16-20-11)9-12-5-13-15-9/h2-5H,1H3,(H,12,13,15). The summed E-state index contributed by atoms with van der Waals surface area (Å²) in [4.78, 5) is 18.6. The van der Waals surface area contributed by atoms with E-state index in [9.17, 15) is 10.1 Å². The Morgan fingerprint density at radius 1 is 1.40 bits per heavy atom. The van der Waals surface area contributed by atoms with Crippen molar-refractivity contribution in [1.82, 2.24) is 25.3 Å². The first kappa shape index (κ1) is 12.0. The molecule has 0 unspecified atom stereocenters. The third kappa shape index (κ3) is 1.90. The van der Waals surface area contributed by atoms with Crippen molar-refractivity contribution in [2.45, 2.75) is 6.92 Å². The van der Waals surface area contributed by atoms with Gasteiger partial charge in [0.25, 0.3) is 11.6 Å². The molecule has 3 aromatic rings. The van der Waals surface area contributed by atoms with E-state index in [1.807, 2.05) is 0 Å². The molecule has 100 valence electrons. The second kappa shape index (κ2) is 4.53. The van der Waals surface area contributed by atoms with Gasteiger partial charge in [-0.2, -0.15) is 10.1 Å². The van der Waals surface area contributed by atoms with Gasteiger partial charge in [0.05, 0.1) is 4.92 Å². The summed E-state index contributed by atoms with van der Waals surface area (Å²) in [6, 6.07) is 4.90. The lowest BCUT2D eigenvalue weighted by Crippen LogP contribution is -1.95. The van der Waals surface area contributed by atoms with Crippen molar-refractivity contribution < 1.29 is 9.45 Å². The number of H-pyrrole nitrogens is 1. The van der Waals surface area contributed by atoms with Crippen LogP contribution in [0.25, 0.3) is 23.1 Å². The van der Waals surface area contributed by atoms with Crippen LogP contribution in [0.2, 0.25) is 0 Å². The molecule has 9 heteroatoms. The number of hydrogen-bond acceptors (Lipinski definition) is 7. The Morgan fingerprint density at radius 2 is 2.25 bits per heavy atom. The number of aromatic nitrogens is 5. The van der Waals surface area contributed by atoms with Gasteiger partial charge in [-0.25, -0.2) is 4.98 Å². The molecule has 0 saturated heterocycles. The van der Waals surface area contributed by atoms with Gasteiger partial charge in [-0.1, -0.05) is 17.3 Å². The van der Waals surface area contributed by atoms with E-state index >= 15 is 0 Å². The van der Waals surface area contributed by atoms with Gasteiger partial charge in [-0.15, -0.1) is 0 Å². The van der Waals surface area contributed by atoms with Gasteiger partial charge in [-0.3, -0.25) is 15.2 Å². The maximum atomic E-state index is 11.1. The number of para-hydroxylation sites is 1. The van der Waals surface area contributed by atoms with Crippen LogP contribution in [-0.4, -0.2) is 30.2 Å². The Morgan fingerprint density at radius 3 is 2.95 bits per heavy atom. The minimum absolute atomic E-state index is 0.0553. The first-order valence-electron chi connectivity index (χ1n) is 5.60. The Labute approximate surface area is 111 Å². The largest absolute Gasteiger partial charge is 0.333 e. The molecule has 2 heterocycles. The molecule has 0 aliphatic rings. The fraction of sp³-hybridized carbons (Fsp3) is 0.0909. The number of nitrogens with zero attached hydrogens (tertiary/aromatic N) is 5. The molecule has 3 rings (SSSR count). The van der Waals surface area contributed by atoms with E-state index in [1.54, 1.807) is 25.1 Å². The van der Waals surface area contributed by atoms with Crippen LogP contribution in [0.15, 0.2) is 29.0 Å². The van der Waals surface area contributed by atoms with Gasteiger partial charge < -0.3 is 4.52 Å². The lowest BCUT2D eigenvalue weighted by atomic mass is 10.1. The van der Waals surface area contributed by atoms with E-state index in [0.29, 0.717) is 11.4 Å². The number of nitro benzene ring substituents is 1. The van der Waals surface area contributed by atoms with Gasteiger partial charge in [0.15, 0.2) is 5.82 Å². The number of nitrogens with one attached hydrogen (secondary N) is 1. The zero-order chi connectivity index (χ0) is 14.1. The third-order valence-corrected chi connectivity index (χ3v) is 2.70. The summed E-state index contributed by atoms with van der Waals surface area (Å²) in [6.07, 6.45) is 1.31. The van der Waals surface area contributed by atoms with Crippen molar-refractivity contribution in [3.05, 3.63) is 40.2 Å². The summed E-state index contributed by atoms with van der Waals surface area (Å²) in [5, 5.41) is 21.1. The van der Waals surface area contributed by atoms with Gasteiger partial charge >= 0.3 is 0 Å². The number of nitro groups is 1. The van der Waals surface area contributed by atoms with Gasteiger partial charge in [-0.05, 0) is 13.0 Å². The minimum atomic E-state index is -0.469. The van der Waals surface area contributed by atoms with Crippen LogP contribution < -0.4 is 0 Å². The molecule has 0 spiro atoms. The Kier molecular flexibility index (Phi) is 2.71. The third-order valence-electron chi connectivity index (χ3n) is 2.70. The Bertz CT molecular complexity index is 764. The van der Waals surface area contributed by atoms with Crippen molar-refractivity contribution in [2.75, 3.05) is 0 Å². The van der Waals surface area contributed by atoms with Gasteiger partial charge in [0, 0.05) is 5.56 Å². The van der Waals surface area contributed by atoms with E-state index in [4.69, 9.17) is 4.52 Å². The molecule has 20 heavy (non-hydrogen) atoms. The number of benzene rings is 1. The average Bonchev–Trinajstić information content (AvgIpc) is 3.09. The zero-order valence-corrected chi connectivity index (χ0v) is 10.3. The maximum Gasteiger partial charge on any atom is 0.285 e. The highest BCUT2D eigenvalue weighted by atomic mass is 16.6. The quantitative estimate of drug-likeness (QED) is 0.568. The van der Waals surface area contributed by atoms with Gasteiger partial charge in [0.1, 0.15) is 11.9 Å². The molecule has 0 aliphatic carbocycles. The molecule has 0 bridgehead atoms.